The average Bonchev–Trinajstić information content (AvgIpc) is 3.38. The van der Waals surface area contributed by atoms with Gasteiger partial charge in [-0.3, -0.25) is 9.78 Å². The maximum Gasteiger partial charge on any atom is 0.261 e. The van der Waals surface area contributed by atoms with Crippen LogP contribution >= 0.6 is 11.6 Å². The summed E-state index contributed by atoms with van der Waals surface area (Å²) in [7, 11) is 0. The maximum absolute atomic E-state index is 12.6. The van der Waals surface area contributed by atoms with E-state index in [9.17, 15) is 4.79 Å². The fourth-order valence-corrected chi connectivity index (χ4v) is 3.57. The Morgan fingerprint density at radius 2 is 2.14 bits per heavy atom. The second kappa shape index (κ2) is 8.44. The molecule has 144 valence electrons. The Hall–Kier alpha value is -2.86. The molecule has 0 aliphatic carbocycles. The molecule has 1 amide bonds. The zero-order valence-corrected chi connectivity index (χ0v) is 16.0. The number of amides is 1. The molecular formula is C21H20ClN3O3. The van der Waals surface area contributed by atoms with Crippen LogP contribution in [0.2, 0.25) is 5.02 Å². The lowest BCUT2D eigenvalue weighted by atomic mass is 10.1. The fourth-order valence-electron chi connectivity index (χ4n) is 3.37. The van der Waals surface area contributed by atoms with Gasteiger partial charge in [-0.1, -0.05) is 29.8 Å². The van der Waals surface area contributed by atoms with E-state index in [2.05, 4.69) is 9.97 Å². The number of halogens is 1. The molecule has 28 heavy (non-hydrogen) atoms. The molecule has 0 bridgehead atoms. The number of carbonyl (C=O) groups excluding carboxylic acids is 1. The third-order valence-corrected chi connectivity index (χ3v) is 5.12. The summed E-state index contributed by atoms with van der Waals surface area (Å²) >= 11 is 6.22. The number of carbonyl (C=O) groups is 1. The summed E-state index contributed by atoms with van der Waals surface area (Å²) in [6.07, 6.45) is 7.26. The molecule has 6 nitrogen and oxygen atoms in total. The van der Waals surface area contributed by atoms with Crippen LogP contribution in [0.25, 0.3) is 0 Å². The minimum Gasteiger partial charge on any atom is -0.482 e. The van der Waals surface area contributed by atoms with Crippen LogP contribution in [0.3, 0.4) is 0 Å². The number of hydrogen-bond acceptors (Lipinski definition) is 5. The number of benzene rings is 1. The molecule has 1 aromatic carbocycles. The molecule has 3 heterocycles. The highest BCUT2D eigenvalue weighted by atomic mass is 35.5. The van der Waals surface area contributed by atoms with Gasteiger partial charge in [-0.25, -0.2) is 4.98 Å². The highest BCUT2D eigenvalue weighted by Gasteiger charge is 2.33. The summed E-state index contributed by atoms with van der Waals surface area (Å²) in [6.45, 7) is 0.636. The Morgan fingerprint density at radius 1 is 1.25 bits per heavy atom. The van der Waals surface area contributed by atoms with Gasteiger partial charge in [-0.05, 0) is 36.6 Å². The van der Waals surface area contributed by atoms with Gasteiger partial charge in [0.05, 0.1) is 12.4 Å². The van der Waals surface area contributed by atoms with E-state index in [0.717, 1.165) is 24.2 Å². The lowest BCUT2D eigenvalue weighted by Gasteiger charge is -2.22. The third kappa shape index (κ3) is 4.17. The Bertz CT molecular complexity index is 945. The summed E-state index contributed by atoms with van der Waals surface area (Å²) in [5.41, 5.74) is 0.982. The number of likely N-dealkylation sites (tertiary alicyclic amines) is 1. The summed E-state index contributed by atoms with van der Waals surface area (Å²) < 4.78 is 11.5. The third-order valence-electron chi connectivity index (χ3n) is 4.75. The standard InChI is InChI=1S/C21H20ClN3O3/c22-18-7-2-1-5-15(18)11-17-13-24-21(28-17)19-8-4-10-25(19)20(26)14-27-16-6-3-9-23-12-16/h1-3,5-7,9,12-13,19H,4,8,10-11,14H2/t19-/m0/s1. The smallest absolute Gasteiger partial charge is 0.261 e. The molecule has 1 aliphatic heterocycles. The second-order valence-electron chi connectivity index (χ2n) is 6.66. The van der Waals surface area contributed by atoms with Crippen molar-refractivity contribution in [2.45, 2.75) is 25.3 Å². The SMILES string of the molecule is O=C(COc1cccnc1)N1CCC[C@H]1c1ncc(Cc2ccccc2Cl)o1. The number of nitrogens with zero attached hydrogens (tertiary/aromatic N) is 3. The van der Waals surface area contributed by atoms with E-state index in [1.54, 1.807) is 35.6 Å². The van der Waals surface area contributed by atoms with E-state index in [1.165, 1.54) is 0 Å². The van der Waals surface area contributed by atoms with E-state index < -0.39 is 0 Å². The van der Waals surface area contributed by atoms with Crippen molar-refractivity contribution in [3.05, 3.63) is 77.2 Å². The van der Waals surface area contributed by atoms with E-state index in [4.69, 9.17) is 20.8 Å². The number of pyridine rings is 1. The molecule has 0 saturated carbocycles. The molecule has 0 N–H and O–H groups in total. The summed E-state index contributed by atoms with van der Waals surface area (Å²) in [4.78, 5) is 22.8. The van der Waals surface area contributed by atoms with E-state index >= 15 is 0 Å². The van der Waals surface area contributed by atoms with Gasteiger partial charge in [0.15, 0.2) is 6.61 Å². The van der Waals surface area contributed by atoms with Crippen molar-refractivity contribution < 1.29 is 13.9 Å². The summed E-state index contributed by atoms with van der Waals surface area (Å²) in [5.74, 6) is 1.78. The quantitative estimate of drug-likeness (QED) is 0.627. The van der Waals surface area contributed by atoms with Crippen molar-refractivity contribution in [1.82, 2.24) is 14.9 Å². The predicted octanol–water partition coefficient (Wildman–Crippen LogP) is 4.06. The van der Waals surface area contributed by atoms with Crippen LogP contribution in [0.4, 0.5) is 0 Å². The monoisotopic (exact) mass is 397 g/mol. The highest BCUT2D eigenvalue weighted by molar-refractivity contribution is 6.31. The number of ether oxygens (including phenoxy) is 1. The van der Waals surface area contributed by atoms with Gasteiger partial charge < -0.3 is 14.1 Å². The van der Waals surface area contributed by atoms with Crippen molar-refractivity contribution in [3.8, 4) is 5.75 Å². The Morgan fingerprint density at radius 3 is 2.96 bits per heavy atom. The molecular weight excluding hydrogens is 378 g/mol. The molecule has 1 atom stereocenters. The van der Waals surface area contributed by atoms with Crippen LogP contribution < -0.4 is 4.74 Å². The first-order chi connectivity index (χ1) is 13.7. The van der Waals surface area contributed by atoms with Gasteiger partial charge in [0.2, 0.25) is 5.89 Å². The highest BCUT2D eigenvalue weighted by Crippen LogP contribution is 2.32. The van der Waals surface area contributed by atoms with Crippen molar-refractivity contribution in [2.24, 2.45) is 0 Å². The van der Waals surface area contributed by atoms with E-state index in [-0.39, 0.29) is 18.6 Å². The van der Waals surface area contributed by atoms with Gasteiger partial charge in [0, 0.05) is 24.2 Å². The van der Waals surface area contributed by atoms with Gasteiger partial charge in [-0.15, -0.1) is 0 Å². The van der Waals surface area contributed by atoms with Crippen molar-refractivity contribution in [3.63, 3.8) is 0 Å². The Balaban J connectivity index is 1.41. The van der Waals surface area contributed by atoms with Crippen LogP contribution in [0.5, 0.6) is 5.75 Å². The van der Waals surface area contributed by atoms with Gasteiger partial charge >= 0.3 is 0 Å². The molecule has 0 spiro atoms. The summed E-state index contributed by atoms with van der Waals surface area (Å²) in [5, 5.41) is 0.700. The number of aromatic nitrogens is 2. The molecule has 0 radical (unpaired) electrons. The van der Waals surface area contributed by atoms with Gasteiger partial charge in [0.25, 0.3) is 5.91 Å². The largest absolute Gasteiger partial charge is 0.482 e. The molecule has 1 fully saturated rings. The van der Waals surface area contributed by atoms with Crippen LogP contribution in [-0.4, -0.2) is 33.9 Å². The first kappa shape index (κ1) is 18.5. The zero-order chi connectivity index (χ0) is 19.3. The topological polar surface area (TPSA) is 68.5 Å². The van der Waals surface area contributed by atoms with Gasteiger partial charge in [0.1, 0.15) is 17.6 Å². The van der Waals surface area contributed by atoms with Crippen molar-refractivity contribution >= 4 is 17.5 Å². The molecule has 0 unspecified atom stereocenters. The average molecular weight is 398 g/mol. The summed E-state index contributed by atoms with van der Waals surface area (Å²) in [6, 6.07) is 11.0. The molecule has 1 saturated heterocycles. The Labute approximate surface area is 168 Å². The molecule has 4 rings (SSSR count). The van der Waals surface area contributed by atoms with E-state index in [0.29, 0.717) is 29.6 Å². The minimum atomic E-state index is -0.162. The Kier molecular flexibility index (Phi) is 5.58. The van der Waals surface area contributed by atoms with Crippen LogP contribution in [0.1, 0.15) is 36.1 Å². The van der Waals surface area contributed by atoms with Crippen molar-refractivity contribution in [2.75, 3.05) is 13.2 Å². The fraction of sp³-hybridized carbons (Fsp3) is 0.286. The lowest BCUT2D eigenvalue weighted by Crippen LogP contribution is -2.34. The minimum absolute atomic E-state index is 0.0324. The van der Waals surface area contributed by atoms with Crippen LogP contribution in [0, 0.1) is 0 Å². The molecule has 7 heteroatoms. The molecule has 2 aromatic heterocycles. The first-order valence-corrected chi connectivity index (χ1v) is 9.59. The number of hydrogen-bond donors (Lipinski definition) is 0. The van der Waals surface area contributed by atoms with E-state index in [1.807, 2.05) is 24.3 Å². The number of oxazole rings is 1. The normalized spacial score (nSPS) is 16.3. The molecule has 1 aliphatic rings. The second-order valence-corrected chi connectivity index (χ2v) is 7.06. The number of rotatable bonds is 6. The predicted molar refractivity (Wildman–Crippen MR) is 104 cm³/mol. The first-order valence-electron chi connectivity index (χ1n) is 9.21. The van der Waals surface area contributed by atoms with Crippen LogP contribution in [0.15, 0.2) is 59.4 Å². The lowest BCUT2D eigenvalue weighted by molar-refractivity contribution is -0.134. The maximum atomic E-state index is 12.6. The zero-order valence-electron chi connectivity index (χ0n) is 15.3. The molecule has 3 aromatic rings. The van der Waals surface area contributed by atoms with Crippen LogP contribution in [-0.2, 0) is 11.2 Å². The van der Waals surface area contributed by atoms with Crippen molar-refractivity contribution in [1.29, 1.82) is 0 Å². The van der Waals surface area contributed by atoms with Gasteiger partial charge in [-0.2, -0.15) is 0 Å².